The highest BCUT2D eigenvalue weighted by Gasteiger charge is 2.18. The fourth-order valence-corrected chi connectivity index (χ4v) is 1.95. The molecule has 0 aliphatic carbocycles. The zero-order chi connectivity index (χ0) is 13.0. The first-order valence-corrected chi connectivity index (χ1v) is 6.22. The number of rotatable bonds is 3. The third-order valence-corrected chi connectivity index (χ3v) is 3.07. The number of carbonyl (C=O) groups excluding carboxylic acids is 2. The van der Waals surface area contributed by atoms with Crippen LogP contribution in [-0.2, 0) is 4.74 Å². The van der Waals surface area contributed by atoms with Crippen molar-refractivity contribution in [2.75, 3.05) is 26.3 Å². The van der Waals surface area contributed by atoms with Crippen LogP contribution >= 0.6 is 0 Å². The highest BCUT2D eigenvalue weighted by molar-refractivity contribution is 5.98. The van der Waals surface area contributed by atoms with E-state index in [0.717, 1.165) is 0 Å². The van der Waals surface area contributed by atoms with E-state index in [9.17, 15) is 9.59 Å². The predicted molar refractivity (Wildman–Crippen MR) is 67.8 cm³/mol. The number of ether oxygens (including phenoxy) is 1. The molecule has 1 aliphatic rings. The Hall–Kier alpha value is -1.68. The van der Waals surface area contributed by atoms with Crippen LogP contribution in [0.3, 0.4) is 0 Å². The van der Waals surface area contributed by atoms with E-state index >= 15 is 0 Å². The van der Waals surface area contributed by atoms with Gasteiger partial charge in [-0.05, 0) is 12.1 Å². The van der Waals surface area contributed by atoms with Crippen LogP contribution in [0.1, 0.15) is 34.1 Å². The first-order valence-electron chi connectivity index (χ1n) is 6.22. The second kappa shape index (κ2) is 5.78. The van der Waals surface area contributed by atoms with Gasteiger partial charge < -0.3 is 9.64 Å². The smallest absolute Gasteiger partial charge is 0.254 e. The number of nitrogens with zero attached hydrogens (tertiary/aromatic N) is 1. The highest BCUT2D eigenvalue weighted by atomic mass is 16.5. The molecule has 1 saturated heterocycles. The standard InChI is InChI=1S/C14H17NO3/c1-2-13(16)11-3-5-12(6-4-11)14(17)15-7-9-18-10-8-15/h3-6H,2,7-10H2,1H3. The molecule has 0 spiro atoms. The second-order valence-electron chi connectivity index (χ2n) is 4.26. The van der Waals surface area contributed by atoms with Crippen LogP contribution in [0.15, 0.2) is 24.3 Å². The van der Waals surface area contributed by atoms with Crippen molar-refractivity contribution in [3.63, 3.8) is 0 Å². The van der Waals surface area contributed by atoms with Gasteiger partial charge in [0.25, 0.3) is 5.91 Å². The van der Waals surface area contributed by atoms with Crippen LogP contribution in [0.4, 0.5) is 0 Å². The summed E-state index contributed by atoms with van der Waals surface area (Å²) in [5.41, 5.74) is 1.29. The Kier molecular flexibility index (Phi) is 4.10. The van der Waals surface area contributed by atoms with Crippen LogP contribution in [0.25, 0.3) is 0 Å². The molecule has 0 bridgehead atoms. The van der Waals surface area contributed by atoms with Crippen LogP contribution < -0.4 is 0 Å². The molecule has 0 unspecified atom stereocenters. The molecule has 1 amide bonds. The number of hydrogen-bond acceptors (Lipinski definition) is 3. The van der Waals surface area contributed by atoms with Crippen molar-refractivity contribution in [3.8, 4) is 0 Å². The van der Waals surface area contributed by atoms with E-state index in [1.54, 1.807) is 29.2 Å². The van der Waals surface area contributed by atoms with E-state index in [1.165, 1.54) is 0 Å². The largest absolute Gasteiger partial charge is 0.378 e. The van der Waals surface area contributed by atoms with Gasteiger partial charge in [0.15, 0.2) is 5.78 Å². The molecular formula is C14H17NO3. The van der Waals surface area contributed by atoms with Gasteiger partial charge >= 0.3 is 0 Å². The number of carbonyl (C=O) groups is 2. The lowest BCUT2D eigenvalue weighted by molar-refractivity contribution is 0.0303. The lowest BCUT2D eigenvalue weighted by atomic mass is 10.1. The second-order valence-corrected chi connectivity index (χ2v) is 4.26. The summed E-state index contributed by atoms with van der Waals surface area (Å²) in [5, 5.41) is 0. The van der Waals surface area contributed by atoms with Gasteiger partial charge in [0, 0.05) is 30.6 Å². The minimum Gasteiger partial charge on any atom is -0.378 e. The Morgan fingerprint density at radius 3 is 2.22 bits per heavy atom. The Labute approximate surface area is 107 Å². The maximum atomic E-state index is 12.1. The average Bonchev–Trinajstić information content (AvgIpc) is 2.47. The van der Waals surface area contributed by atoms with Crippen molar-refractivity contribution in [2.45, 2.75) is 13.3 Å². The molecule has 1 fully saturated rings. The molecule has 1 heterocycles. The van der Waals surface area contributed by atoms with Gasteiger partial charge in [0.05, 0.1) is 13.2 Å². The Balaban J connectivity index is 2.08. The predicted octanol–water partition coefficient (Wildman–Crippen LogP) is 1.75. The lowest BCUT2D eigenvalue weighted by Crippen LogP contribution is -2.40. The molecule has 4 nitrogen and oxygen atoms in total. The van der Waals surface area contributed by atoms with E-state index in [1.807, 2.05) is 6.92 Å². The summed E-state index contributed by atoms with van der Waals surface area (Å²) in [5.74, 6) is 0.106. The van der Waals surface area contributed by atoms with Crippen LogP contribution in [0, 0.1) is 0 Å². The lowest BCUT2D eigenvalue weighted by Gasteiger charge is -2.26. The summed E-state index contributed by atoms with van der Waals surface area (Å²) in [6, 6.07) is 6.89. The summed E-state index contributed by atoms with van der Waals surface area (Å²) < 4.78 is 5.21. The number of hydrogen-bond donors (Lipinski definition) is 0. The van der Waals surface area contributed by atoms with Crippen molar-refractivity contribution in [1.82, 2.24) is 4.90 Å². The molecule has 0 radical (unpaired) electrons. The first kappa shape index (κ1) is 12.8. The van der Waals surface area contributed by atoms with Gasteiger partial charge in [-0.1, -0.05) is 19.1 Å². The van der Waals surface area contributed by atoms with Crippen molar-refractivity contribution in [2.24, 2.45) is 0 Å². The quantitative estimate of drug-likeness (QED) is 0.764. The number of benzene rings is 1. The minimum absolute atomic E-state index is 0.00815. The molecule has 0 N–H and O–H groups in total. The fraction of sp³-hybridized carbons (Fsp3) is 0.429. The molecule has 1 aromatic rings. The molecule has 1 aliphatic heterocycles. The van der Waals surface area contributed by atoms with Crippen molar-refractivity contribution in [3.05, 3.63) is 35.4 Å². The van der Waals surface area contributed by atoms with Crippen LogP contribution in [-0.4, -0.2) is 42.9 Å². The topological polar surface area (TPSA) is 46.6 Å². The molecule has 0 saturated carbocycles. The Morgan fingerprint density at radius 2 is 1.67 bits per heavy atom. The van der Waals surface area contributed by atoms with Gasteiger partial charge in [-0.15, -0.1) is 0 Å². The van der Waals surface area contributed by atoms with Gasteiger partial charge in [0.2, 0.25) is 0 Å². The summed E-state index contributed by atoms with van der Waals surface area (Å²) in [4.78, 5) is 25.4. The number of amides is 1. The van der Waals surface area contributed by atoms with Gasteiger partial charge in [-0.3, -0.25) is 9.59 Å². The molecule has 1 aromatic carbocycles. The molecule has 2 rings (SSSR count). The molecule has 0 atom stereocenters. The normalized spacial score (nSPS) is 15.5. The molecule has 0 aromatic heterocycles. The maximum absolute atomic E-state index is 12.1. The first-order chi connectivity index (χ1) is 8.72. The number of morpholine rings is 1. The van der Waals surface area contributed by atoms with E-state index < -0.39 is 0 Å². The van der Waals surface area contributed by atoms with E-state index in [-0.39, 0.29) is 11.7 Å². The Bertz CT molecular complexity index is 433. The Morgan fingerprint density at radius 1 is 1.11 bits per heavy atom. The minimum atomic E-state index is 0.00815. The van der Waals surface area contributed by atoms with Crippen molar-refractivity contribution in [1.29, 1.82) is 0 Å². The SMILES string of the molecule is CCC(=O)c1ccc(C(=O)N2CCOCC2)cc1. The summed E-state index contributed by atoms with van der Waals surface area (Å²) >= 11 is 0. The number of Topliss-reactive ketones (excluding diaryl/α,β-unsaturated/α-hetero) is 1. The summed E-state index contributed by atoms with van der Waals surface area (Å²) in [7, 11) is 0. The van der Waals surface area contributed by atoms with Crippen LogP contribution in [0.5, 0.6) is 0 Å². The maximum Gasteiger partial charge on any atom is 0.254 e. The number of ketones is 1. The van der Waals surface area contributed by atoms with E-state index in [0.29, 0.717) is 43.9 Å². The van der Waals surface area contributed by atoms with Gasteiger partial charge in [0.1, 0.15) is 0 Å². The van der Waals surface area contributed by atoms with Crippen molar-refractivity contribution >= 4 is 11.7 Å². The van der Waals surface area contributed by atoms with Gasteiger partial charge in [-0.2, -0.15) is 0 Å². The van der Waals surface area contributed by atoms with E-state index in [2.05, 4.69) is 0 Å². The summed E-state index contributed by atoms with van der Waals surface area (Å²) in [6.07, 6.45) is 0.483. The van der Waals surface area contributed by atoms with E-state index in [4.69, 9.17) is 4.74 Å². The molecule has 18 heavy (non-hydrogen) atoms. The molecular weight excluding hydrogens is 230 g/mol. The van der Waals surface area contributed by atoms with Crippen LogP contribution in [0.2, 0.25) is 0 Å². The van der Waals surface area contributed by atoms with Gasteiger partial charge in [-0.25, -0.2) is 0 Å². The highest BCUT2D eigenvalue weighted by Crippen LogP contribution is 2.10. The fourth-order valence-electron chi connectivity index (χ4n) is 1.95. The zero-order valence-electron chi connectivity index (χ0n) is 10.5. The average molecular weight is 247 g/mol. The zero-order valence-corrected chi connectivity index (χ0v) is 10.5. The van der Waals surface area contributed by atoms with Crippen molar-refractivity contribution < 1.29 is 14.3 Å². The monoisotopic (exact) mass is 247 g/mol. The third-order valence-electron chi connectivity index (χ3n) is 3.07. The summed E-state index contributed by atoms with van der Waals surface area (Å²) in [6.45, 7) is 4.29. The third kappa shape index (κ3) is 2.76. The molecule has 96 valence electrons. The molecule has 4 heteroatoms.